The van der Waals surface area contributed by atoms with Gasteiger partial charge in [0.05, 0.1) is 13.0 Å². The summed E-state index contributed by atoms with van der Waals surface area (Å²) in [6.45, 7) is 6.64. The van der Waals surface area contributed by atoms with Gasteiger partial charge in [-0.15, -0.1) is 0 Å². The van der Waals surface area contributed by atoms with Gasteiger partial charge < -0.3 is 19.0 Å². The van der Waals surface area contributed by atoms with Gasteiger partial charge in [0.25, 0.3) is 0 Å². The molecular weight excluding hydrogens is 438 g/mol. The fourth-order valence-corrected chi connectivity index (χ4v) is 6.27. The van der Waals surface area contributed by atoms with Crippen molar-refractivity contribution in [3.8, 4) is 0 Å². The largest absolute Gasteiger partial charge is 0.465 e. The maximum absolute atomic E-state index is 13.3. The molecule has 0 N–H and O–H groups in total. The van der Waals surface area contributed by atoms with Gasteiger partial charge in [0.2, 0.25) is 21.8 Å². The first-order chi connectivity index (χ1) is 15.1. The van der Waals surface area contributed by atoms with E-state index in [-0.39, 0.29) is 65.9 Å². The van der Waals surface area contributed by atoms with Crippen LogP contribution in [0.4, 0.5) is 0 Å². The molecule has 2 aliphatic heterocycles. The lowest BCUT2D eigenvalue weighted by atomic mass is 9.96. The van der Waals surface area contributed by atoms with E-state index >= 15 is 0 Å². The van der Waals surface area contributed by atoms with Crippen LogP contribution in [0.3, 0.4) is 0 Å². The summed E-state index contributed by atoms with van der Waals surface area (Å²) in [5, 5.41) is 0. The number of hydrogen-bond donors (Lipinski definition) is 0. The van der Waals surface area contributed by atoms with Crippen LogP contribution in [0.1, 0.15) is 48.1 Å². The normalized spacial score (nSPS) is 20.3. The van der Waals surface area contributed by atoms with E-state index in [1.807, 2.05) is 6.92 Å². The summed E-state index contributed by atoms with van der Waals surface area (Å²) in [5.41, 5.74) is -0.0913. The van der Waals surface area contributed by atoms with Crippen LogP contribution in [0.5, 0.6) is 0 Å². The summed E-state index contributed by atoms with van der Waals surface area (Å²) < 4.78 is 38.0. The minimum atomic E-state index is -4.01. The topological polar surface area (TPSA) is 117 Å². The van der Waals surface area contributed by atoms with Gasteiger partial charge in [-0.25, -0.2) is 13.2 Å². The molecule has 0 aliphatic carbocycles. The summed E-state index contributed by atoms with van der Waals surface area (Å²) in [5.74, 6) is -0.705. The highest BCUT2D eigenvalue weighted by atomic mass is 32.2. The smallest absolute Gasteiger partial charge is 0.342 e. The molecule has 0 aromatic carbocycles. The Balaban J connectivity index is 1.70. The first-order valence-electron chi connectivity index (χ1n) is 10.9. The Kier molecular flexibility index (Phi) is 7.29. The average Bonchev–Trinajstić information content (AvgIpc) is 3.11. The van der Waals surface area contributed by atoms with Crippen LogP contribution in [0.15, 0.2) is 9.31 Å². The number of piperidine rings is 1. The quantitative estimate of drug-likeness (QED) is 0.594. The maximum atomic E-state index is 13.3. The van der Waals surface area contributed by atoms with E-state index in [1.165, 1.54) is 25.3 Å². The summed E-state index contributed by atoms with van der Waals surface area (Å²) in [4.78, 5) is 40.4. The highest BCUT2D eigenvalue weighted by molar-refractivity contribution is 7.89. The van der Waals surface area contributed by atoms with Gasteiger partial charge in [-0.05, 0) is 26.7 Å². The van der Waals surface area contributed by atoms with Crippen molar-refractivity contribution < 1.29 is 32.0 Å². The number of esters is 1. The molecule has 1 aromatic heterocycles. The lowest BCUT2D eigenvalue weighted by Gasteiger charge is -2.38. The van der Waals surface area contributed by atoms with Gasteiger partial charge in [-0.1, -0.05) is 6.92 Å². The molecule has 2 saturated heterocycles. The molecule has 0 saturated carbocycles. The molecule has 3 rings (SSSR count). The SMILES string of the molecule is CCC(=O)N1CCCC(C(=O)N2CCN(S(=O)(=O)c3c(C)oc(C)c3C(=O)OC)CC2)C1. The zero-order valence-electron chi connectivity index (χ0n) is 19.0. The van der Waals surface area contributed by atoms with Crippen molar-refractivity contribution in [2.75, 3.05) is 46.4 Å². The highest BCUT2D eigenvalue weighted by Gasteiger charge is 2.39. The van der Waals surface area contributed by atoms with Gasteiger partial charge in [0.15, 0.2) is 0 Å². The van der Waals surface area contributed by atoms with Gasteiger partial charge in [0, 0.05) is 45.7 Å². The number of piperazine rings is 1. The minimum Gasteiger partial charge on any atom is -0.465 e. The van der Waals surface area contributed by atoms with E-state index < -0.39 is 16.0 Å². The second-order valence-electron chi connectivity index (χ2n) is 8.17. The molecular formula is C21H31N3O7S. The first-order valence-corrected chi connectivity index (χ1v) is 12.3. The number of carbonyl (C=O) groups is 3. The lowest BCUT2D eigenvalue weighted by Crippen LogP contribution is -2.54. The first kappa shape index (κ1) is 24.2. The van der Waals surface area contributed by atoms with Crippen molar-refractivity contribution in [2.24, 2.45) is 5.92 Å². The molecule has 1 unspecified atom stereocenters. The monoisotopic (exact) mass is 469 g/mol. The number of ether oxygens (including phenoxy) is 1. The Labute approximate surface area is 188 Å². The molecule has 2 aliphatic rings. The van der Waals surface area contributed by atoms with Crippen LogP contribution in [0.2, 0.25) is 0 Å². The molecule has 0 radical (unpaired) electrons. The summed E-state index contributed by atoms with van der Waals surface area (Å²) >= 11 is 0. The van der Waals surface area contributed by atoms with E-state index in [1.54, 1.807) is 9.80 Å². The number of nitrogens with zero attached hydrogens (tertiary/aromatic N) is 3. The molecule has 2 amide bonds. The molecule has 0 bridgehead atoms. The van der Waals surface area contributed by atoms with Gasteiger partial charge in [0.1, 0.15) is 22.0 Å². The Hall–Kier alpha value is -2.40. The van der Waals surface area contributed by atoms with Crippen molar-refractivity contribution >= 4 is 27.8 Å². The minimum absolute atomic E-state index is 0.0405. The van der Waals surface area contributed by atoms with Crippen LogP contribution < -0.4 is 0 Å². The summed E-state index contributed by atoms with van der Waals surface area (Å²) in [6, 6.07) is 0. The van der Waals surface area contributed by atoms with Crippen molar-refractivity contribution in [3.63, 3.8) is 0 Å². The summed E-state index contributed by atoms with van der Waals surface area (Å²) in [6.07, 6.45) is 1.92. The molecule has 10 nitrogen and oxygen atoms in total. The molecule has 178 valence electrons. The van der Waals surface area contributed by atoms with Crippen LogP contribution in [0, 0.1) is 19.8 Å². The van der Waals surface area contributed by atoms with Crippen molar-refractivity contribution in [3.05, 3.63) is 17.1 Å². The number of likely N-dealkylation sites (tertiary alicyclic amines) is 1. The number of amides is 2. The Morgan fingerprint density at radius 2 is 1.69 bits per heavy atom. The zero-order chi connectivity index (χ0) is 23.6. The molecule has 0 spiro atoms. The predicted molar refractivity (Wildman–Crippen MR) is 114 cm³/mol. The standard InChI is InChI=1S/C21H31N3O7S/c1-5-17(25)23-8-6-7-16(13-23)20(26)22-9-11-24(12-10-22)32(28,29)19-15(3)31-14(2)18(19)21(27)30-4/h16H,5-13H2,1-4H3. The molecule has 1 atom stereocenters. The Morgan fingerprint density at radius 3 is 2.28 bits per heavy atom. The second kappa shape index (κ2) is 9.62. The van der Waals surface area contributed by atoms with E-state index in [4.69, 9.17) is 9.15 Å². The van der Waals surface area contributed by atoms with Crippen molar-refractivity contribution in [1.29, 1.82) is 0 Å². The number of carbonyl (C=O) groups excluding carboxylic acids is 3. The third-order valence-electron chi connectivity index (χ3n) is 6.17. The summed E-state index contributed by atoms with van der Waals surface area (Å²) in [7, 11) is -2.82. The Bertz CT molecular complexity index is 993. The predicted octanol–water partition coefficient (Wildman–Crippen LogP) is 1.16. The Morgan fingerprint density at radius 1 is 1.03 bits per heavy atom. The van der Waals surface area contributed by atoms with E-state index in [9.17, 15) is 22.8 Å². The lowest BCUT2D eigenvalue weighted by molar-refractivity contribution is -0.141. The maximum Gasteiger partial charge on any atom is 0.342 e. The molecule has 3 heterocycles. The van der Waals surface area contributed by atoms with Gasteiger partial charge in [-0.2, -0.15) is 4.31 Å². The molecule has 32 heavy (non-hydrogen) atoms. The van der Waals surface area contributed by atoms with E-state index in [0.29, 0.717) is 19.5 Å². The van der Waals surface area contributed by atoms with E-state index in [0.717, 1.165) is 12.8 Å². The van der Waals surface area contributed by atoms with Crippen LogP contribution in [-0.4, -0.2) is 86.7 Å². The van der Waals surface area contributed by atoms with Gasteiger partial charge >= 0.3 is 5.97 Å². The van der Waals surface area contributed by atoms with Crippen LogP contribution in [-0.2, 0) is 24.3 Å². The van der Waals surface area contributed by atoms with Crippen molar-refractivity contribution in [2.45, 2.75) is 44.9 Å². The number of methoxy groups -OCH3 is 1. The molecule has 11 heteroatoms. The second-order valence-corrected chi connectivity index (χ2v) is 10.0. The average molecular weight is 470 g/mol. The van der Waals surface area contributed by atoms with Crippen LogP contribution >= 0.6 is 0 Å². The van der Waals surface area contributed by atoms with Crippen LogP contribution in [0.25, 0.3) is 0 Å². The highest BCUT2D eigenvalue weighted by Crippen LogP contribution is 2.30. The third kappa shape index (κ3) is 4.54. The number of furan rings is 1. The number of rotatable bonds is 5. The van der Waals surface area contributed by atoms with E-state index in [2.05, 4.69) is 0 Å². The number of sulfonamides is 1. The fourth-order valence-electron chi connectivity index (χ4n) is 4.48. The van der Waals surface area contributed by atoms with Crippen molar-refractivity contribution in [1.82, 2.24) is 14.1 Å². The molecule has 2 fully saturated rings. The fraction of sp³-hybridized carbons (Fsp3) is 0.667. The number of aryl methyl sites for hydroxylation is 2. The van der Waals surface area contributed by atoms with Gasteiger partial charge in [-0.3, -0.25) is 9.59 Å². The molecule has 1 aromatic rings. The number of hydrogen-bond acceptors (Lipinski definition) is 7. The third-order valence-corrected chi connectivity index (χ3v) is 8.22. The zero-order valence-corrected chi connectivity index (χ0v) is 19.9.